The first kappa shape index (κ1) is 21.0. The number of pyridine rings is 1. The van der Waals surface area contributed by atoms with Crippen molar-refractivity contribution < 1.29 is 31.9 Å². The topological polar surface area (TPSA) is 60.8 Å². The Kier molecular flexibility index (Phi) is 5.53. The van der Waals surface area contributed by atoms with E-state index in [0.717, 1.165) is 18.3 Å². The van der Waals surface area contributed by atoms with Crippen LogP contribution < -0.4 is 0 Å². The lowest BCUT2D eigenvalue weighted by Gasteiger charge is -2.18. The Morgan fingerprint density at radius 2 is 2.03 bits per heavy atom. The molecule has 154 valence electrons. The number of benzene rings is 1. The van der Waals surface area contributed by atoms with Crippen LogP contribution in [0.25, 0.3) is 11.1 Å². The van der Waals surface area contributed by atoms with Gasteiger partial charge in [0, 0.05) is 23.7 Å². The van der Waals surface area contributed by atoms with Gasteiger partial charge in [0.05, 0.1) is 17.3 Å². The molecule has 3 rings (SSSR count). The summed E-state index contributed by atoms with van der Waals surface area (Å²) in [6, 6.07) is 4.24. The van der Waals surface area contributed by atoms with Gasteiger partial charge in [0.15, 0.2) is 0 Å². The van der Waals surface area contributed by atoms with Crippen molar-refractivity contribution in [3.05, 3.63) is 52.6 Å². The summed E-state index contributed by atoms with van der Waals surface area (Å²) in [5.41, 5.74) is -2.19. The molecule has 0 radical (unpaired) electrons. The van der Waals surface area contributed by atoms with E-state index in [1.807, 2.05) is 0 Å². The van der Waals surface area contributed by atoms with E-state index in [1.165, 1.54) is 19.1 Å². The monoisotopic (exact) mass is 430 g/mol. The number of ether oxygens (including phenoxy) is 1. The molecule has 1 atom stereocenters. The van der Waals surface area contributed by atoms with Crippen molar-refractivity contribution in [3.8, 4) is 11.1 Å². The number of rotatable bonds is 4. The molecule has 2 aromatic rings. The van der Waals surface area contributed by atoms with Gasteiger partial charge in [-0.2, -0.15) is 13.2 Å². The third-order valence-electron chi connectivity index (χ3n) is 4.30. The molecule has 1 aromatic heterocycles. The molecule has 2 heterocycles. The van der Waals surface area contributed by atoms with Crippen LogP contribution in [0.5, 0.6) is 0 Å². The zero-order valence-corrected chi connectivity index (χ0v) is 16.1. The molecule has 5 nitrogen and oxygen atoms in total. The van der Waals surface area contributed by atoms with Gasteiger partial charge in [0.2, 0.25) is 5.60 Å². The third-order valence-corrected chi connectivity index (χ3v) is 4.61. The van der Waals surface area contributed by atoms with E-state index in [0.29, 0.717) is 0 Å². The normalized spacial score (nSPS) is 18.9. The lowest BCUT2D eigenvalue weighted by atomic mass is 9.93. The molecule has 1 aliphatic heterocycles. The molecular weight excluding hydrogens is 416 g/mol. The lowest BCUT2D eigenvalue weighted by molar-refractivity contribution is -0.166. The molecule has 1 aliphatic rings. The molecule has 0 saturated carbocycles. The zero-order valence-electron chi connectivity index (χ0n) is 15.3. The molecule has 0 amide bonds. The van der Waals surface area contributed by atoms with Crippen LogP contribution in [-0.4, -0.2) is 28.9 Å². The summed E-state index contributed by atoms with van der Waals surface area (Å²) in [5.74, 6) is -1.44. The molecule has 0 N–H and O–H groups in total. The van der Waals surface area contributed by atoms with Crippen molar-refractivity contribution in [2.75, 3.05) is 6.61 Å². The predicted molar refractivity (Wildman–Crippen MR) is 96.9 cm³/mol. The highest BCUT2D eigenvalue weighted by atomic mass is 35.5. The van der Waals surface area contributed by atoms with Gasteiger partial charge in [0.25, 0.3) is 0 Å². The Labute approximate surface area is 168 Å². The summed E-state index contributed by atoms with van der Waals surface area (Å²) < 4.78 is 58.3. The van der Waals surface area contributed by atoms with E-state index in [4.69, 9.17) is 21.2 Å². The standard InChI is InChI=1S/C19H15ClF4N2O3/c1-3-28-17(27)18(2)9-15(26-29-18)12-7-11(14(21)8-13(12)20)10-4-5-25-16(6-10)19(22,23)24/h4-8H,3,9H2,1-2H3. The average molecular weight is 431 g/mol. The second kappa shape index (κ2) is 7.62. The van der Waals surface area contributed by atoms with Gasteiger partial charge in [-0.1, -0.05) is 16.8 Å². The first-order chi connectivity index (χ1) is 13.5. The van der Waals surface area contributed by atoms with E-state index in [9.17, 15) is 22.4 Å². The fraction of sp³-hybridized carbons (Fsp3) is 0.316. The molecule has 1 unspecified atom stereocenters. The molecule has 29 heavy (non-hydrogen) atoms. The van der Waals surface area contributed by atoms with Crippen molar-refractivity contribution in [1.82, 2.24) is 4.98 Å². The fourth-order valence-electron chi connectivity index (χ4n) is 2.82. The Bertz CT molecular complexity index is 994. The van der Waals surface area contributed by atoms with E-state index in [1.54, 1.807) is 6.92 Å². The highest BCUT2D eigenvalue weighted by Gasteiger charge is 2.44. The molecule has 0 bridgehead atoms. The average Bonchev–Trinajstić information content (AvgIpc) is 3.05. The Morgan fingerprint density at radius 3 is 2.69 bits per heavy atom. The van der Waals surface area contributed by atoms with Crippen LogP contribution in [0.2, 0.25) is 5.02 Å². The Balaban J connectivity index is 1.99. The SMILES string of the molecule is CCOC(=O)C1(C)CC(c2cc(-c3ccnc(C(F)(F)F)c3)c(F)cc2Cl)=NO1. The van der Waals surface area contributed by atoms with E-state index < -0.39 is 29.3 Å². The van der Waals surface area contributed by atoms with Crippen LogP contribution in [0.4, 0.5) is 17.6 Å². The van der Waals surface area contributed by atoms with Crippen molar-refractivity contribution in [2.45, 2.75) is 32.0 Å². The summed E-state index contributed by atoms with van der Waals surface area (Å²) in [5, 5.41) is 3.84. The third kappa shape index (κ3) is 4.19. The largest absolute Gasteiger partial charge is 0.463 e. The van der Waals surface area contributed by atoms with E-state index >= 15 is 0 Å². The highest BCUT2D eigenvalue weighted by molar-refractivity contribution is 6.34. The van der Waals surface area contributed by atoms with Gasteiger partial charge < -0.3 is 9.57 Å². The van der Waals surface area contributed by atoms with Gasteiger partial charge in [-0.25, -0.2) is 9.18 Å². The molecule has 10 heteroatoms. The van der Waals surface area contributed by atoms with Gasteiger partial charge in [-0.05, 0) is 43.7 Å². The van der Waals surface area contributed by atoms with Crippen molar-refractivity contribution in [1.29, 1.82) is 0 Å². The van der Waals surface area contributed by atoms with Crippen molar-refractivity contribution in [3.63, 3.8) is 0 Å². The maximum absolute atomic E-state index is 14.5. The van der Waals surface area contributed by atoms with E-state index in [-0.39, 0.29) is 40.5 Å². The van der Waals surface area contributed by atoms with Gasteiger partial charge in [-0.3, -0.25) is 4.98 Å². The zero-order chi connectivity index (χ0) is 21.4. The molecule has 0 spiro atoms. The smallest absolute Gasteiger partial charge is 0.433 e. The Morgan fingerprint density at radius 1 is 1.31 bits per heavy atom. The van der Waals surface area contributed by atoms with Crippen molar-refractivity contribution in [2.24, 2.45) is 5.16 Å². The summed E-state index contributed by atoms with van der Waals surface area (Å²) in [7, 11) is 0. The minimum atomic E-state index is -4.67. The maximum Gasteiger partial charge on any atom is 0.433 e. The number of halogens is 5. The number of hydrogen-bond acceptors (Lipinski definition) is 5. The highest BCUT2D eigenvalue weighted by Crippen LogP contribution is 2.36. The minimum Gasteiger partial charge on any atom is -0.463 e. The first-order valence-corrected chi connectivity index (χ1v) is 8.88. The maximum atomic E-state index is 14.5. The van der Waals surface area contributed by atoms with Crippen LogP contribution >= 0.6 is 11.6 Å². The van der Waals surface area contributed by atoms with E-state index in [2.05, 4.69) is 10.1 Å². The number of hydrogen-bond donors (Lipinski definition) is 0. The molecule has 0 aliphatic carbocycles. The molecule has 0 fully saturated rings. The van der Waals surface area contributed by atoms with Gasteiger partial charge in [-0.15, -0.1) is 0 Å². The van der Waals surface area contributed by atoms with Crippen LogP contribution in [0, 0.1) is 5.82 Å². The summed E-state index contributed by atoms with van der Waals surface area (Å²) in [6.07, 6.45) is -3.73. The predicted octanol–water partition coefficient (Wildman–Crippen LogP) is 5.01. The summed E-state index contributed by atoms with van der Waals surface area (Å²) >= 11 is 6.12. The summed E-state index contributed by atoms with van der Waals surface area (Å²) in [4.78, 5) is 20.6. The number of aromatic nitrogens is 1. The van der Waals surface area contributed by atoms with Crippen molar-refractivity contribution >= 4 is 23.3 Å². The fourth-order valence-corrected chi connectivity index (χ4v) is 3.08. The summed E-state index contributed by atoms with van der Waals surface area (Å²) in [6.45, 7) is 3.28. The molecule has 1 aromatic carbocycles. The number of esters is 1. The van der Waals surface area contributed by atoms with Crippen LogP contribution in [0.15, 0.2) is 35.6 Å². The number of nitrogens with zero attached hydrogens (tertiary/aromatic N) is 2. The number of carbonyl (C=O) groups is 1. The lowest BCUT2D eigenvalue weighted by Crippen LogP contribution is -2.37. The minimum absolute atomic E-state index is 0.000766. The van der Waals surface area contributed by atoms with Crippen LogP contribution in [0.1, 0.15) is 31.5 Å². The molecule has 0 saturated heterocycles. The number of alkyl halides is 3. The van der Waals surface area contributed by atoms with Crippen LogP contribution in [-0.2, 0) is 20.5 Å². The second-order valence-electron chi connectivity index (χ2n) is 6.50. The van der Waals surface area contributed by atoms with Gasteiger partial charge in [0.1, 0.15) is 11.5 Å². The first-order valence-electron chi connectivity index (χ1n) is 8.50. The Hall–Kier alpha value is -2.68. The quantitative estimate of drug-likeness (QED) is 0.505. The molecular formula is C19H15ClF4N2O3. The second-order valence-corrected chi connectivity index (χ2v) is 6.90. The van der Waals surface area contributed by atoms with Gasteiger partial charge >= 0.3 is 12.1 Å². The van der Waals surface area contributed by atoms with Crippen LogP contribution in [0.3, 0.4) is 0 Å². The number of oxime groups is 1. The number of carbonyl (C=O) groups excluding carboxylic acids is 1.